The summed E-state index contributed by atoms with van der Waals surface area (Å²) in [6.45, 7) is 3.94. The average molecular weight is 1670 g/mol. The molecule has 0 spiro atoms. The molecule has 0 bridgehead atoms. The van der Waals surface area contributed by atoms with E-state index < -0.39 is 88.7 Å². The minimum absolute atomic E-state index is 0.0309. The molecule has 3 saturated heterocycles. The molecule has 0 saturated carbocycles. The molecule has 0 aliphatic carbocycles. The number of nitrogens with zero attached hydrogens (tertiary/aromatic N) is 6. The number of hydrogen-bond donors (Lipinski definition) is 18. The molecule has 4 rings (SSSR count). The second-order valence-electron chi connectivity index (χ2n) is 22.1. The van der Waals surface area contributed by atoms with Crippen LogP contribution in [0, 0.1) is 10.7 Å². The van der Waals surface area contributed by atoms with Crippen LogP contribution in [0.15, 0.2) is 0 Å². The highest BCUT2D eigenvalue weighted by Gasteiger charge is 2.61. The van der Waals surface area contributed by atoms with Crippen molar-refractivity contribution < 1.29 is 119 Å². The van der Waals surface area contributed by atoms with Gasteiger partial charge in [0.1, 0.15) is 0 Å². The highest BCUT2D eigenvalue weighted by Crippen LogP contribution is 2.34. The predicted octanol–water partition coefficient (Wildman–Crippen LogP) is -6.50. The molecule has 93 heavy (non-hydrogen) atoms. The van der Waals surface area contributed by atoms with Crippen molar-refractivity contribution in [3.05, 3.63) is 27.4 Å². The Labute approximate surface area is 576 Å². The summed E-state index contributed by atoms with van der Waals surface area (Å²) < 4.78 is 21.0. The van der Waals surface area contributed by atoms with E-state index in [0.29, 0.717) is 78.5 Å². The van der Waals surface area contributed by atoms with Crippen LogP contribution in [0.5, 0.6) is 0 Å². The van der Waals surface area contributed by atoms with E-state index in [9.17, 15) is 104 Å². The number of ether oxygens (including phenoxy) is 3. The van der Waals surface area contributed by atoms with Gasteiger partial charge in [-0.2, -0.15) is 0 Å². The summed E-state index contributed by atoms with van der Waals surface area (Å²) in [5, 5.41) is 141. The Morgan fingerprint density at radius 3 is 0.645 bits per heavy atom. The van der Waals surface area contributed by atoms with Gasteiger partial charge in [0.2, 0.25) is 0 Å². The largest absolute Gasteiger partial charge is 0.479 e. The van der Waals surface area contributed by atoms with Gasteiger partial charge in [0.25, 0.3) is 0 Å². The number of rotatable bonds is 30. The smallest absolute Gasteiger partial charge is 0.347 e. The molecule has 36 nitrogen and oxygen atoms in total. The molecule has 1 aromatic carbocycles. The SMILES string of the molecule is O=C(O)C(C(=O)O)(C(=O)O)N1CCNCCN(CC(O)COCc2c(I)c(COCC(O)CN3CCNCCN(C(C(=O)O)(C(=O)O)C(=O)O)CCNCC3)c(I)c(COCC(O)CN3CCNCCN(C(C(=O)O)(C(=O)O)C(=O)O)CCNCC3)c2I)CCNCC1. The molecule has 3 aliphatic rings. The van der Waals surface area contributed by atoms with Gasteiger partial charge in [-0.05, 0) is 67.8 Å². The lowest BCUT2D eigenvalue weighted by molar-refractivity contribution is -0.181. The van der Waals surface area contributed by atoms with Crippen LogP contribution in [-0.4, -0.2) is 376 Å². The molecule has 3 aliphatic heterocycles. The predicted molar refractivity (Wildman–Crippen MR) is 350 cm³/mol. The standard InChI is InChI=1S/C54H87I3N12O24/c55-40-37(31-91-28-34(70)25-64-13-1-58-7-19-67(20-8-59-2-14-64)52(43(73)74,44(75)76)45(77)78)41(56)39(33-93-30-36(72)27-66-17-5-62-11-23-69(24-12-63-6-18-66)54(49(85)86,50(87)88)51(89)90)42(57)38(40)32-92-29-35(71)26-65-15-3-60-9-21-68(22-10-61-4-16-65)53(46(79)80,47(81)82)48(83)84/h34-36,58-63,70-72H,1-33H2,(H,73,74)(H,75,76)(H,77,78)(H,79,80)(H,81,82)(H,83,84)(H,85,86)(H,87,88)(H,89,90). The number of carboxylic acid groups (broad SMARTS) is 9. The molecular weight excluding hydrogens is 1580 g/mol. The summed E-state index contributed by atoms with van der Waals surface area (Å²) in [4.78, 5) is 117. The van der Waals surface area contributed by atoms with Crippen molar-refractivity contribution in [2.75, 3.05) is 197 Å². The van der Waals surface area contributed by atoms with Crippen molar-refractivity contribution in [1.82, 2.24) is 61.3 Å². The van der Waals surface area contributed by atoms with Crippen LogP contribution < -0.4 is 31.9 Å². The molecule has 0 aromatic heterocycles. The van der Waals surface area contributed by atoms with Gasteiger partial charge < -0.3 is 107 Å². The zero-order valence-corrected chi connectivity index (χ0v) is 57.6. The molecule has 39 heteroatoms. The Morgan fingerprint density at radius 2 is 0.484 bits per heavy atom. The summed E-state index contributed by atoms with van der Waals surface area (Å²) in [6, 6.07) is 0. The van der Waals surface area contributed by atoms with Gasteiger partial charge in [-0.3, -0.25) is 29.4 Å². The Kier molecular flexibility index (Phi) is 35.5. The van der Waals surface area contributed by atoms with E-state index >= 15 is 0 Å². The summed E-state index contributed by atoms with van der Waals surface area (Å²) in [7, 11) is 0. The summed E-state index contributed by atoms with van der Waals surface area (Å²) in [5.74, 6) is -18.2. The number of hydrogen-bond acceptors (Lipinski definition) is 27. The van der Waals surface area contributed by atoms with Crippen molar-refractivity contribution in [2.24, 2.45) is 0 Å². The van der Waals surface area contributed by atoms with Gasteiger partial charge in [-0.1, -0.05) is 0 Å². The van der Waals surface area contributed by atoms with Crippen molar-refractivity contribution >= 4 is 121 Å². The van der Waals surface area contributed by atoms with Gasteiger partial charge in [0.15, 0.2) is 0 Å². The molecule has 0 radical (unpaired) electrons. The van der Waals surface area contributed by atoms with E-state index in [2.05, 4.69) is 99.7 Å². The number of carboxylic acids is 9. The van der Waals surface area contributed by atoms with Gasteiger partial charge in [-0.25, -0.2) is 43.2 Å². The molecule has 3 unspecified atom stereocenters. The third kappa shape index (κ3) is 22.5. The quantitative estimate of drug-likeness (QED) is 0.0252. The van der Waals surface area contributed by atoms with E-state index in [-0.39, 0.29) is 138 Å². The zero-order chi connectivity index (χ0) is 69.1. The van der Waals surface area contributed by atoms with Crippen molar-refractivity contribution in [1.29, 1.82) is 0 Å². The maximum Gasteiger partial charge on any atom is 0.347 e. The molecule has 18 N–H and O–H groups in total. The number of β-amino-alcohol motifs (C(OH)–C–C–N with tert-alkyl or cyclic N) is 3. The molecule has 3 heterocycles. The fraction of sp³-hybridized carbons (Fsp3) is 0.722. The first-order valence-corrected chi connectivity index (χ1v) is 33.1. The maximum atomic E-state index is 12.1. The molecule has 528 valence electrons. The summed E-state index contributed by atoms with van der Waals surface area (Å²) in [6.07, 6.45) is -2.93. The fourth-order valence-corrected chi connectivity index (χ4v) is 15.0. The number of aliphatic hydroxyl groups excluding tert-OH is 3. The topological polar surface area (TPSA) is 516 Å². The summed E-state index contributed by atoms with van der Waals surface area (Å²) in [5.41, 5.74) is -7.31. The summed E-state index contributed by atoms with van der Waals surface area (Å²) >= 11 is 6.60. The van der Waals surface area contributed by atoms with Crippen LogP contribution in [-0.2, 0) is 77.2 Å². The Bertz CT molecular complexity index is 2230. The first-order chi connectivity index (χ1) is 44.1. The molecule has 0 amide bonds. The lowest BCUT2D eigenvalue weighted by Crippen LogP contribution is -2.67. The minimum Gasteiger partial charge on any atom is -0.479 e. The monoisotopic (exact) mass is 1670 g/mol. The van der Waals surface area contributed by atoms with E-state index in [1.54, 1.807) is 0 Å². The van der Waals surface area contributed by atoms with Gasteiger partial charge in [-0.15, -0.1) is 0 Å². The third-order valence-corrected chi connectivity index (χ3v) is 19.8. The van der Waals surface area contributed by atoms with Crippen LogP contribution >= 0.6 is 67.8 Å². The maximum absolute atomic E-state index is 12.1. The van der Waals surface area contributed by atoms with Crippen LogP contribution in [0.3, 0.4) is 0 Å². The van der Waals surface area contributed by atoms with E-state index in [1.165, 1.54) is 0 Å². The van der Waals surface area contributed by atoms with Gasteiger partial charge in [0, 0.05) is 204 Å². The van der Waals surface area contributed by atoms with Crippen molar-refractivity contribution in [2.45, 2.75) is 54.7 Å². The Morgan fingerprint density at radius 1 is 0.323 bits per heavy atom. The number of aliphatic hydroxyl groups is 3. The Balaban J connectivity index is 1.44. The lowest BCUT2D eigenvalue weighted by atomic mass is 9.97. The first kappa shape index (κ1) is 81.3. The highest BCUT2D eigenvalue weighted by molar-refractivity contribution is 14.1. The Hall–Kier alpha value is -4.08. The van der Waals surface area contributed by atoms with Crippen LogP contribution in [0.4, 0.5) is 0 Å². The molecule has 3 fully saturated rings. The van der Waals surface area contributed by atoms with Crippen LogP contribution in [0.2, 0.25) is 0 Å². The van der Waals surface area contributed by atoms with Gasteiger partial charge >= 0.3 is 70.3 Å². The molecular formula is C54H87I3N12O24. The van der Waals surface area contributed by atoms with Crippen LogP contribution in [0.1, 0.15) is 16.7 Å². The second-order valence-corrected chi connectivity index (χ2v) is 25.4. The molecule has 1 aromatic rings. The van der Waals surface area contributed by atoms with Crippen LogP contribution in [0.25, 0.3) is 0 Å². The highest BCUT2D eigenvalue weighted by atomic mass is 127. The number of nitrogens with one attached hydrogen (secondary N) is 6. The third-order valence-electron chi connectivity index (χ3n) is 15.9. The lowest BCUT2D eigenvalue weighted by Gasteiger charge is -2.34. The normalized spacial score (nSPS) is 19.5. The minimum atomic E-state index is -3.18. The van der Waals surface area contributed by atoms with E-state index in [1.807, 2.05) is 14.7 Å². The number of aliphatic carboxylic acids is 9. The number of halogens is 3. The van der Waals surface area contributed by atoms with Gasteiger partial charge in [0.05, 0.1) is 58.0 Å². The molecule has 3 atom stereocenters. The van der Waals surface area contributed by atoms with Crippen molar-refractivity contribution in [3.8, 4) is 0 Å². The van der Waals surface area contributed by atoms with E-state index in [4.69, 9.17) is 14.2 Å². The zero-order valence-electron chi connectivity index (χ0n) is 51.1. The first-order valence-electron chi connectivity index (χ1n) is 29.8. The average Bonchev–Trinajstić information content (AvgIpc) is 0.821. The van der Waals surface area contributed by atoms with Crippen molar-refractivity contribution in [3.63, 3.8) is 0 Å². The van der Waals surface area contributed by atoms with E-state index in [0.717, 1.165) is 42.1 Å². The number of benzene rings is 1. The second kappa shape index (κ2) is 40.6. The fourth-order valence-electron chi connectivity index (χ4n) is 10.9. The number of carbonyl (C=O) groups is 9.